The molecule has 0 spiro atoms. The van der Waals surface area contributed by atoms with Gasteiger partial charge >= 0.3 is 0 Å². The van der Waals surface area contributed by atoms with Crippen molar-refractivity contribution in [3.05, 3.63) is 18.0 Å². The van der Waals surface area contributed by atoms with E-state index in [1.165, 1.54) is 0 Å². The highest BCUT2D eigenvalue weighted by atomic mass is 35.5. The van der Waals surface area contributed by atoms with Crippen molar-refractivity contribution in [2.75, 3.05) is 12.4 Å². The smallest absolute Gasteiger partial charge is 0.257 e. The van der Waals surface area contributed by atoms with E-state index < -0.39 is 0 Å². The first kappa shape index (κ1) is 14.0. The molecule has 0 atom stereocenters. The van der Waals surface area contributed by atoms with Crippen LogP contribution in [0.2, 0.25) is 0 Å². The number of hydrogen-bond acceptors (Lipinski definition) is 2. The van der Waals surface area contributed by atoms with Gasteiger partial charge in [-0.2, -0.15) is 5.10 Å². The molecule has 0 aliphatic rings. The maximum Gasteiger partial charge on any atom is 0.257 e. The van der Waals surface area contributed by atoms with E-state index in [1.807, 2.05) is 4.90 Å². The Hall–Kier alpha value is -1.03. The monoisotopic (exact) mass is 257 g/mol. The summed E-state index contributed by atoms with van der Waals surface area (Å²) in [5, 5.41) is 4.03. The molecule has 0 radical (unpaired) electrons. The maximum atomic E-state index is 12.3. The van der Waals surface area contributed by atoms with Crippen molar-refractivity contribution in [3.63, 3.8) is 0 Å². The van der Waals surface area contributed by atoms with Crippen molar-refractivity contribution in [2.45, 2.75) is 32.7 Å². The van der Waals surface area contributed by atoms with Crippen LogP contribution in [0.1, 0.15) is 37.0 Å². The van der Waals surface area contributed by atoms with Crippen molar-refractivity contribution < 1.29 is 4.79 Å². The van der Waals surface area contributed by atoms with Crippen LogP contribution in [0, 0.1) is 0 Å². The molecule has 4 nitrogen and oxygen atoms in total. The van der Waals surface area contributed by atoms with Crippen LogP contribution < -0.4 is 0 Å². The SMILES string of the molecule is CCC(CC)N(CCCl)C(=O)c1cnn(C)c1. The number of aryl methyl sites for hydroxylation is 1. The largest absolute Gasteiger partial charge is 0.334 e. The maximum absolute atomic E-state index is 12.3. The van der Waals surface area contributed by atoms with Gasteiger partial charge in [0.25, 0.3) is 5.91 Å². The molecule has 5 heteroatoms. The average Bonchev–Trinajstić information content (AvgIpc) is 2.75. The number of halogens is 1. The number of nitrogens with zero attached hydrogens (tertiary/aromatic N) is 3. The standard InChI is InChI=1S/C12H20ClN3O/c1-4-11(5-2)16(7-6-13)12(17)10-8-14-15(3)9-10/h8-9,11H,4-7H2,1-3H3. The van der Waals surface area contributed by atoms with E-state index in [2.05, 4.69) is 18.9 Å². The number of hydrogen-bond donors (Lipinski definition) is 0. The van der Waals surface area contributed by atoms with Gasteiger partial charge in [-0.1, -0.05) is 13.8 Å². The van der Waals surface area contributed by atoms with Gasteiger partial charge in [0.2, 0.25) is 0 Å². The van der Waals surface area contributed by atoms with Gasteiger partial charge in [0, 0.05) is 31.7 Å². The van der Waals surface area contributed by atoms with E-state index in [4.69, 9.17) is 11.6 Å². The van der Waals surface area contributed by atoms with Gasteiger partial charge < -0.3 is 4.90 Å². The molecule has 0 aliphatic heterocycles. The first-order chi connectivity index (χ1) is 8.13. The fraction of sp³-hybridized carbons (Fsp3) is 0.667. The normalized spacial score (nSPS) is 10.9. The molecule has 0 aromatic carbocycles. The van der Waals surface area contributed by atoms with Gasteiger partial charge in [-0.3, -0.25) is 9.48 Å². The van der Waals surface area contributed by atoms with Crippen LogP contribution in [0.4, 0.5) is 0 Å². The molecule has 1 aromatic rings. The second-order valence-corrected chi connectivity index (χ2v) is 4.44. The summed E-state index contributed by atoms with van der Waals surface area (Å²) in [6.45, 7) is 4.76. The van der Waals surface area contributed by atoms with Gasteiger partial charge in [0.1, 0.15) is 0 Å². The highest BCUT2D eigenvalue weighted by Crippen LogP contribution is 2.13. The van der Waals surface area contributed by atoms with Crippen LogP contribution in [0.15, 0.2) is 12.4 Å². The summed E-state index contributed by atoms with van der Waals surface area (Å²) in [5.74, 6) is 0.482. The molecule has 96 valence electrons. The topological polar surface area (TPSA) is 38.1 Å². The molecule has 0 unspecified atom stereocenters. The van der Waals surface area contributed by atoms with Gasteiger partial charge in [-0.15, -0.1) is 11.6 Å². The zero-order valence-electron chi connectivity index (χ0n) is 10.7. The summed E-state index contributed by atoms with van der Waals surface area (Å²) >= 11 is 5.78. The summed E-state index contributed by atoms with van der Waals surface area (Å²) in [7, 11) is 1.81. The van der Waals surface area contributed by atoms with Crippen LogP contribution in [0.25, 0.3) is 0 Å². The molecular weight excluding hydrogens is 238 g/mol. The average molecular weight is 258 g/mol. The minimum atomic E-state index is 0.0208. The number of aromatic nitrogens is 2. The number of rotatable bonds is 6. The van der Waals surface area contributed by atoms with Crippen LogP contribution >= 0.6 is 11.6 Å². The summed E-state index contributed by atoms with van der Waals surface area (Å²) in [6.07, 6.45) is 5.23. The second-order valence-electron chi connectivity index (χ2n) is 4.06. The van der Waals surface area contributed by atoms with Crippen molar-refractivity contribution in [2.24, 2.45) is 7.05 Å². The molecule has 0 fully saturated rings. The predicted molar refractivity (Wildman–Crippen MR) is 69.3 cm³/mol. The van der Waals surface area contributed by atoms with E-state index in [9.17, 15) is 4.79 Å². The van der Waals surface area contributed by atoms with E-state index >= 15 is 0 Å². The number of carbonyl (C=O) groups excluding carboxylic acids is 1. The van der Waals surface area contributed by atoms with Crippen molar-refractivity contribution in [3.8, 4) is 0 Å². The molecule has 1 heterocycles. The molecule has 1 rings (SSSR count). The first-order valence-corrected chi connectivity index (χ1v) is 6.53. The number of amides is 1. The Bertz CT molecular complexity index is 360. The fourth-order valence-electron chi connectivity index (χ4n) is 1.97. The summed E-state index contributed by atoms with van der Waals surface area (Å²) in [6, 6.07) is 0.251. The van der Waals surface area contributed by atoms with E-state index in [-0.39, 0.29) is 11.9 Å². The minimum Gasteiger partial charge on any atom is -0.334 e. The van der Waals surface area contributed by atoms with Crippen LogP contribution in [0.3, 0.4) is 0 Å². The van der Waals surface area contributed by atoms with Crippen molar-refractivity contribution in [1.29, 1.82) is 0 Å². The molecule has 1 amide bonds. The minimum absolute atomic E-state index is 0.0208. The Morgan fingerprint density at radius 2 is 2.18 bits per heavy atom. The highest BCUT2D eigenvalue weighted by Gasteiger charge is 2.22. The number of carbonyl (C=O) groups is 1. The van der Waals surface area contributed by atoms with Crippen LogP contribution in [-0.4, -0.2) is 39.1 Å². The summed E-state index contributed by atoms with van der Waals surface area (Å²) in [4.78, 5) is 14.2. The second kappa shape index (κ2) is 6.64. The van der Waals surface area contributed by atoms with Gasteiger partial charge in [-0.05, 0) is 12.8 Å². The van der Waals surface area contributed by atoms with Crippen LogP contribution in [-0.2, 0) is 7.05 Å². The van der Waals surface area contributed by atoms with Crippen molar-refractivity contribution in [1.82, 2.24) is 14.7 Å². The molecule has 0 bridgehead atoms. The lowest BCUT2D eigenvalue weighted by Crippen LogP contribution is -2.40. The van der Waals surface area contributed by atoms with Gasteiger partial charge in [0.05, 0.1) is 11.8 Å². The Balaban J connectivity index is 2.86. The molecule has 0 saturated carbocycles. The molecular formula is C12H20ClN3O. The Morgan fingerprint density at radius 1 is 1.53 bits per heavy atom. The quantitative estimate of drug-likeness (QED) is 0.734. The lowest BCUT2D eigenvalue weighted by atomic mass is 10.1. The van der Waals surface area contributed by atoms with Crippen molar-refractivity contribution >= 4 is 17.5 Å². The van der Waals surface area contributed by atoms with E-state index in [1.54, 1.807) is 24.1 Å². The Kier molecular flexibility index (Phi) is 5.48. The zero-order chi connectivity index (χ0) is 12.8. The summed E-state index contributed by atoms with van der Waals surface area (Å²) in [5.41, 5.74) is 0.629. The van der Waals surface area contributed by atoms with Gasteiger partial charge in [-0.25, -0.2) is 0 Å². The lowest BCUT2D eigenvalue weighted by molar-refractivity contribution is 0.0681. The summed E-state index contributed by atoms with van der Waals surface area (Å²) < 4.78 is 1.64. The third-order valence-corrected chi connectivity index (χ3v) is 3.09. The zero-order valence-corrected chi connectivity index (χ0v) is 11.4. The predicted octanol–water partition coefficient (Wildman–Crippen LogP) is 2.29. The van der Waals surface area contributed by atoms with Gasteiger partial charge in [0.15, 0.2) is 0 Å². The third-order valence-electron chi connectivity index (χ3n) is 2.92. The lowest BCUT2D eigenvalue weighted by Gasteiger charge is -2.29. The van der Waals surface area contributed by atoms with E-state index in [0.29, 0.717) is 18.0 Å². The molecule has 0 N–H and O–H groups in total. The van der Waals surface area contributed by atoms with E-state index in [0.717, 1.165) is 12.8 Å². The number of alkyl halides is 1. The van der Waals surface area contributed by atoms with Crippen LogP contribution in [0.5, 0.6) is 0 Å². The third kappa shape index (κ3) is 3.46. The fourth-order valence-corrected chi connectivity index (χ4v) is 2.15. The first-order valence-electron chi connectivity index (χ1n) is 5.99. The highest BCUT2D eigenvalue weighted by molar-refractivity contribution is 6.18. The molecule has 17 heavy (non-hydrogen) atoms. The molecule has 0 aliphatic carbocycles. The molecule has 1 aromatic heterocycles. The Morgan fingerprint density at radius 3 is 2.59 bits per heavy atom. The molecule has 0 saturated heterocycles. The Labute approximate surface area is 108 Å².